The molecular weight excluding hydrogens is 182 g/mol. The van der Waals surface area contributed by atoms with Crippen LogP contribution in [0.1, 0.15) is 32.6 Å². The van der Waals surface area contributed by atoms with Crippen LogP contribution in [0.3, 0.4) is 0 Å². The third-order valence-electron chi connectivity index (χ3n) is 3.76. The number of hydrogen-bond acceptors (Lipinski definition) is 1. The van der Waals surface area contributed by atoms with Gasteiger partial charge in [-0.25, -0.2) is 0 Å². The molecule has 0 N–H and O–H groups in total. The number of nitrogens with zero attached hydrogens (tertiary/aromatic N) is 1. The Morgan fingerprint density at radius 1 is 1.40 bits per heavy atom. The van der Waals surface area contributed by atoms with Crippen molar-refractivity contribution in [2.24, 2.45) is 16.8 Å². The van der Waals surface area contributed by atoms with E-state index in [-0.39, 0.29) is 0 Å². The van der Waals surface area contributed by atoms with Crippen molar-refractivity contribution in [1.29, 1.82) is 0 Å². The van der Waals surface area contributed by atoms with Crippen LogP contribution < -0.4 is 0 Å². The predicted octanol–water partition coefficient (Wildman–Crippen LogP) is 3.65. The van der Waals surface area contributed by atoms with Crippen LogP contribution in [-0.4, -0.2) is 6.21 Å². The van der Waals surface area contributed by atoms with Gasteiger partial charge >= 0.3 is 0 Å². The largest absolute Gasteiger partial charge is 0.264 e. The molecule has 3 rings (SSSR count). The van der Waals surface area contributed by atoms with Gasteiger partial charge in [-0.1, -0.05) is 13.0 Å². The zero-order chi connectivity index (χ0) is 10.3. The Bertz CT molecular complexity index is 396. The fourth-order valence-electron chi connectivity index (χ4n) is 3.19. The van der Waals surface area contributed by atoms with Crippen LogP contribution >= 0.6 is 0 Å². The second kappa shape index (κ2) is 3.48. The van der Waals surface area contributed by atoms with E-state index in [4.69, 9.17) is 0 Å². The molecule has 15 heavy (non-hydrogen) atoms. The molecule has 0 saturated carbocycles. The highest BCUT2D eigenvalue weighted by Gasteiger charge is 2.29. The van der Waals surface area contributed by atoms with Crippen molar-refractivity contribution in [3.63, 3.8) is 0 Å². The fraction of sp³-hybridized carbons (Fsp3) is 0.500. The van der Waals surface area contributed by atoms with Gasteiger partial charge in [-0.05, 0) is 60.3 Å². The van der Waals surface area contributed by atoms with Crippen LogP contribution in [0.15, 0.2) is 40.1 Å². The lowest BCUT2D eigenvalue weighted by Gasteiger charge is -2.33. The summed E-state index contributed by atoms with van der Waals surface area (Å²) in [5.74, 6) is 1.52. The van der Waals surface area contributed by atoms with Gasteiger partial charge in [-0.2, -0.15) is 0 Å². The molecule has 0 aromatic heterocycles. The Morgan fingerprint density at radius 3 is 3.27 bits per heavy atom. The quantitative estimate of drug-likeness (QED) is 0.564. The highest BCUT2D eigenvalue weighted by molar-refractivity contribution is 5.87. The zero-order valence-corrected chi connectivity index (χ0v) is 9.24. The topological polar surface area (TPSA) is 12.4 Å². The molecule has 0 bridgehead atoms. The summed E-state index contributed by atoms with van der Waals surface area (Å²) in [5.41, 5.74) is 4.55. The lowest BCUT2D eigenvalue weighted by atomic mass is 9.71. The molecule has 0 aromatic carbocycles. The third-order valence-corrected chi connectivity index (χ3v) is 3.76. The van der Waals surface area contributed by atoms with E-state index >= 15 is 0 Å². The van der Waals surface area contributed by atoms with Gasteiger partial charge < -0.3 is 0 Å². The minimum absolute atomic E-state index is 0.720. The standard InChI is InChI=1S/C14H17N/c1-10-7-12-4-2-3-11-5-6-15-9-13(8-10)14(11)12/h5-6,8-10,12H,2-4,7H2,1H3. The van der Waals surface area contributed by atoms with Crippen molar-refractivity contribution in [2.45, 2.75) is 32.6 Å². The monoisotopic (exact) mass is 199 g/mol. The van der Waals surface area contributed by atoms with Crippen LogP contribution in [0.4, 0.5) is 0 Å². The van der Waals surface area contributed by atoms with Gasteiger partial charge in [0.25, 0.3) is 0 Å². The SMILES string of the molecule is CC1C=C2C=NC=CC3=C2C(CCC3)C1. The Balaban J connectivity index is 2.15. The first-order valence-electron chi connectivity index (χ1n) is 5.99. The molecule has 1 nitrogen and oxygen atoms in total. The summed E-state index contributed by atoms with van der Waals surface area (Å²) < 4.78 is 0. The minimum Gasteiger partial charge on any atom is -0.264 e. The summed E-state index contributed by atoms with van der Waals surface area (Å²) in [6.07, 6.45) is 13.9. The van der Waals surface area contributed by atoms with Gasteiger partial charge in [-0.3, -0.25) is 4.99 Å². The van der Waals surface area contributed by atoms with E-state index in [2.05, 4.69) is 24.1 Å². The number of rotatable bonds is 0. The molecular formula is C14H17N. The lowest BCUT2D eigenvalue weighted by molar-refractivity contribution is 0.418. The molecule has 1 heteroatoms. The summed E-state index contributed by atoms with van der Waals surface area (Å²) in [6.45, 7) is 2.32. The van der Waals surface area contributed by atoms with Gasteiger partial charge in [0, 0.05) is 12.4 Å². The van der Waals surface area contributed by atoms with Crippen LogP contribution in [0.2, 0.25) is 0 Å². The van der Waals surface area contributed by atoms with Crippen molar-refractivity contribution in [3.8, 4) is 0 Å². The first-order chi connectivity index (χ1) is 7.34. The van der Waals surface area contributed by atoms with E-state index in [9.17, 15) is 0 Å². The maximum absolute atomic E-state index is 4.33. The third kappa shape index (κ3) is 1.50. The Labute approximate surface area is 91.3 Å². The first kappa shape index (κ1) is 9.14. The second-order valence-electron chi connectivity index (χ2n) is 4.96. The van der Waals surface area contributed by atoms with Crippen molar-refractivity contribution < 1.29 is 0 Å². The zero-order valence-electron chi connectivity index (χ0n) is 9.24. The molecule has 0 amide bonds. The first-order valence-corrected chi connectivity index (χ1v) is 5.99. The fourth-order valence-corrected chi connectivity index (χ4v) is 3.19. The maximum Gasteiger partial charge on any atom is 0.0340 e. The summed E-state index contributed by atoms with van der Waals surface area (Å²) in [5, 5.41) is 0. The smallest absolute Gasteiger partial charge is 0.0340 e. The van der Waals surface area contributed by atoms with Gasteiger partial charge in [0.1, 0.15) is 0 Å². The van der Waals surface area contributed by atoms with Gasteiger partial charge in [0.05, 0.1) is 0 Å². The maximum atomic E-state index is 4.33. The molecule has 0 fully saturated rings. The van der Waals surface area contributed by atoms with Gasteiger partial charge in [-0.15, -0.1) is 0 Å². The van der Waals surface area contributed by atoms with Crippen molar-refractivity contribution >= 4 is 6.21 Å². The number of allylic oxidation sites excluding steroid dienone is 5. The molecule has 0 radical (unpaired) electrons. The van der Waals surface area contributed by atoms with E-state index in [1.165, 1.54) is 31.3 Å². The molecule has 0 aromatic rings. The second-order valence-corrected chi connectivity index (χ2v) is 4.96. The summed E-state index contributed by atoms with van der Waals surface area (Å²) in [7, 11) is 0. The molecule has 3 aliphatic rings. The predicted molar refractivity (Wildman–Crippen MR) is 63.9 cm³/mol. The van der Waals surface area contributed by atoms with Crippen molar-refractivity contribution in [2.75, 3.05) is 0 Å². The highest BCUT2D eigenvalue weighted by Crippen LogP contribution is 2.42. The lowest BCUT2D eigenvalue weighted by Crippen LogP contribution is -2.20. The van der Waals surface area contributed by atoms with E-state index in [1.807, 2.05) is 12.4 Å². The summed E-state index contributed by atoms with van der Waals surface area (Å²) >= 11 is 0. The van der Waals surface area contributed by atoms with E-state index < -0.39 is 0 Å². The Morgan fingerprint density at radius 2 is 2.33 bits per heavy atom. The summed E-state index contributed by atoms with van der Waals surface area (Å²) in [6, 6.07) is 0. The molecule has 1 aliphatic heterocycles. The molecule has 2 atom stereocenters. The van der Waals surface area contributed by atoms with Crippen molar-refractivity contribution in [3.05, 3.63) is 35.1 Å². The molecule has 2 unspecified atom stereocenters. The molecule has 0 saturated heterocycles. The Kier molecular flexibility index (Phi) is 2.12. The molecule has 78 valence electrons. The summed E-state index contributed by atoms with van der Waals surface area (Å²) in [4.78, 5) is 4.33. The van der Waals surface area contributed by atoms with Gasteiger partial charge in [0.15, 0.2) is 0 Å². The van der Waals surface area contributed by atoms with Crippen molar-refractivity contribution in [1.82, 2.24) is 0 Å². The van der Waals surface area contributed by atoms with Crippen LogP contribution in [-0.2, 0) is 0 Å². The van der Waals surface area contributed by atoms with Gasteiger partial charge in [0.2, 0.25) is 0 Å². The molecule has 0 spiro atoms. The number of hydrogen-bond donors (Lipinski definition) is 0. The average molecular weight is 199 g/mol. The van der Waals surface area contributed by atoms with Crippen LogP contribution in [0.25, 0.3) is 0 Å². The average Bonchev–Trinajstić information content (AvgIpc) is 2.42. The number of aliphatic imine (C=N–C) groups is 1. The molecule has 1 heterocycles. The van der Waals surface area contributed by atoms with Crippen LogP contribution in [0.5, 0.6) is 0 Å². The highest BCUT2D eigenvalue weighted by atomic mass is 14.7. The molecule has 2 aliphatic carbocycles. The van der Waals surface area contributed by atoms with Crippen LogP contribution in [0, 0.1) is 11.8 Å². The minimum atomic E-state index is 0.720. The normalized spacial score (nSPS) is 33.5. The van der Waals surface area contributed by atoms with E-state index in [0.717, 1.165) is 11.8 Å². The Hall–Kier alpha value is -1.11. The van der Waals surface area contributed by atoms with E-state index in [1.54, 1.807) is 11.1 Å². The van der Waals surface area contributed by atoms with E-state index in [0.29, 0.717) is 0 Å².